The third-order valence-electron chi connectivity index (χ3n) is 5.06. The Balaban J connectivity index is 1.68. The summed E-state index contributed by atoms with van der Waals surface area (Å²) in [6, 6.07) is 17.7. The van der Waals surface area contributed by atoms with Gasteiger partial charge in [-0.15, -0.1) is 0 Å². The van der Waals surface area contributed by atoms with Crippen molar-refractivity contribution in [1.29, 1.82) is 0 Å². The molecule has 0 spiro atoms. The van der Waals surface area contributed by atoms with Gasteiger partial charge in [0.2, 0.25) is 0 Å². The van der Waals surface area contributed by atoms with Crippen LogP contribution in [0.1, 0.15) is 11.1 Å². The van der Waals surface area contributed by atoms with Crippen LogP contribution in [0.25, 0.3) is 16.8 Å². The van der Waals surface area contributed by atoms with Gasteiger partial charge in [0.25, 0.3) is 0 Å². The highest BCUT2D eigenvalue weighted by Gasteiger charge is 2.15. The Labute approximate surface area is 178 Å². The number of rotatable bonds is 6. The van der Waals surface area contributed by atoms with Crippen LogP contribution >= 0.6 is 0 Å². The van der Waals surface area contributed by atoms with E-state index in [1.807, 2.05) is 43.3 Å². The molecule has 0 radical (unpaired) electrons. The molecule has 1 heterocycles. The number of halogens is 1. The largest absolute Gasteiger partial charge is 0.496 e. The van der Waals surface area contributed by atoms with Crippen LogP contribution in [0, 0.1) is 12.7 Å². The maximum absolute atomic E-state index is 14.5. The Morgan fingerprint density at radius 2 is 1.81 bits per heavy atom. The molecule has 4 aromatic rings. The standard InChI is InChI=1S/C23H21FN4O3/c1-15-7-6-9-20(28-23(29)27(2)25-26-28)18(15)14-31-22-13-16(11-12-19(22)24)17-8-4-5-10-21(17)30-3/h4-13H,14H2,1-3H3. The topological polar surface area (TPSA) is 71.2 Å². The summed E-state index contributed by atoms with van der Waals surface area (Å²) in [7, 11) is 3.12. The summed E-state index contributed by atoms with van der Waals surface area (Å²) in [5.74, 6) is 0.304. The van der Waals surface area contributed by atoms with Gasteiger partial charge in [-0.3, -0.25) is 0 Å². The van der Waals surface area contributed by atoms with Gasteiger partial charge in [0.15, 0.2) is 11.6 Å². The van der Waals surface area contributed by atoms with Gasteiger partial charge < -0.3 is 9.47 Å². The molecule has 0 aliphatic carbocycles. The summed E-state index contributed by atoms with van der Waals surface area (Å²) in [6.07, 6.45) is 0. The van der Waals surface area contributed by atoms with E-state index in [9.17, 15) is 9.18 Å². The van der Waals surface area contributed by atoms with Crippen molar-refractivity contribution in [1.82, 2.24) is 19.8 Å². The number of tetrazole rings is 1. The van der Waals surface area contributed by atoms with Crippen molar-refractivity contribution in [3.05, 3.63) is 88.1 Å². The summed E-state index contributed by atoms with van der Waals surface area (Å²) in [6.45, 7) is 1.95. The number of benzene rings is 3. The van der Waals surface area contributed by atoms with Crippen molar-refractivity contribution in [2.45, 2.75) is 13.5 Å². The normalized spacial score (nSPS) is 10.8. The van der Waals surface area contributed by atoms with Crippen LogP contribution in [-0.2, 0) is 13.7 Å². The van der Waals surface area contributed by atoms with Gasteiger partial charge in [-0.1, -0.05) is 36.4 Å². The lowest BCUT2D eigenvalue weighted by molar-refractivity contribution is 0.289. The average Bonchev–Trinajstić information content (AvgIpc) is 3.12. The SMILES string of the molecule is COc1ccccc1-c1ccc(F)c(OCc2c(C)cccc2-n2nnn(C)c2=O)c1. The molecule has 0 N–H and O–H groups in total. The number of para-hydroxylation sites is 1. The zero-order valence-electron chi connectivity index (χ0n) is 17.4. The molecule has 8 heteroatoms. The van der Waals surface area contributed by atoms with Gasteiger partial charge in [-0.25, -0.2) is 9.18 Å². The predicted octanol–water partition coefficient (Wildman–Crippen LogP) is 3.67. The Hall–Kier alpha value is -3.94. The zero-order valence-corrected chi connectivity index (χ0v) is 17.4. The smallest absolute Gasteiger partial charge is 0.368 e. The maximum Gasteiger partial charge on any atom is 0.368 e. The fourth-order valence-corrected chi connectivity index (χ4v) is 3.35. The Morgan fingerprint density at radius 1 is 1.00 bits per heavy atom. The minimum atomic E-state index is -0.481. The lowest BCUT2D eigenvalue weighted by Crippen LogP contribution is -2.23. The van der Waals surface area contributed by atoms with Crippen molar-refractivity contribution in [3.63, 3.8) is 0 Å². The van der Waals surface area contributed by atoms with Crippen LogP contribution in [0.2, 0.25) is 0 Å². The van der Waals surface area contributed by atoms with Crippen molar-refractivity contribution < 1.29 is 13.9 Å². The van der Waals surface area contributed by atoms with E-state index in [-0.39, 0.29) is 18.0 Å². The molecule has 0 bridgehead atoms. The molecule has 0 amide bonds. The lowest BCUT2D eigenvalue weighted by Gasteiger charge is -2.15. The maximum atomic E-state index is 14.5. The molecule has 7 nitrogen and oxygen atoms in total. The number of aromatic nitrogens is 4. The Kier molecular flexibility index (Phi) is 5.53. The minimum Gasteiger partial charge on any atom is -0.496 e. The summed E-state index contributed by atoms with van der Waals surface area (Å²) >= 11 is 0. The number of ether oxygens (including phenoxy) is 2. The molecular formula is C23H21FN4O3. The molecule has 3 aromatic carbocycles. The summed E-state index contributed by atoms with van der Waals surface area (Å²) < 4.78 is 28.1. The highest BCUT2D eigenvalue weighted by molar-refractivity contribution is 5.71. The van der Waals surface area contributed by atoms with Crippen LogP contribution in [0.5, 0.6) is 11.5 Å². The van der Waals surface area contributed by atoms with Crippen molar-refractivity contribution in [2.24, 2.45) is 7.05 Å². The summed E-state index contributed by atoms with van der Waals surface area (Å²) in [5.41, 5.74) is 3.36. The first-order valence-electron chi connectivity index (χ1n) is 9.63. The second kappa shape index (κ2) is 8.43. The molecule has 1 aromatic heterocycles. The summed E-state index contributed by atoms with van der Waals surface area (Å²) in [5, 5.41) is 7.67. The molecule has 4 rings (SSSR count). The summed E-state index contributed by atoms with van der Waals surface area (Å²) in [4.78, 5) is 12.3. The molecule has 0 fully saturated rings. The second-order valence-electron chi connectivity index (χ2n) is 7.00. The van der Waals surface area contributed by atoms with E-state index in [1.54, 1.807) is 25.3 Å². The van der Waals surface area contributed by atoms with E-state index in [0.29, 0.717) is 17.0 Å². The van der Waals surface area contributed by atoms with Gasteiger partial charge in [-0.05, 0) is 52.7 Å². The number of nitrogens with zero attached hydrogens (tertiary/aromatic N) is 4. The van der Waals surface area contributed by atoms with E-state index in [4.69, 9.17) is 9.47 Å². The van der Waals surface area contributed by atoms with Crippen LogP contribution in [0.4, 0.5) is 4.39 Å². The predicted molar refractivity (Wildman–Crippen MR) is 114 cm³/mol. The fraction of sp³-hybridized carbons (Fsp3) is 0.174. The lowest BCUT2D eigenvalue weighted by atomic mass is 10.0. The number of hydrogen-bond donors (Lipinski definition) is 0. The first kappa shape index (κ1) is 20.3. The number of hydrogen-bond acceptors (Lipinski definition) is 5. The third kappa shape index (κ3) is 3.92. The van der Waals surface area contributed by atoms with E-state index in [2.05, 4.69) is 10.4 Å². The molecule has 0 saturated carbocycles. The van der Waals surface area contributed by atoms with E-state index in [0.717, 1.165) is 21.4 Å². The van der Waals surface area contributed by atoms with Crippen molar-refractivity contribution >= 4 is 0 Å². The molecule has 31 heavy (non-hydrogen) atoms. The molecule has 0 aliphatic rings. The van der Waals surface area contributed by atoms with Gasteiger partial charge in [0, 0.05) is 18.2 Å². The minimum absolute atomic E-state index is 0.0529. The van der Waals surface area contributed by atoms with Crippen molar-refractivity contribution in [3.8, 4) is 28.3 Å². The molecular weight excluding hydrogens is 399 g/mol. The highest BCUT2D eigenvalue weighted by atomic mass is 19.1. The van der Waals surface area contributed by atoms with Gasteiger partial charge in [0.1, 0.15) is 12.4 Å². The molecule has 0 saturated heterocycles. The molecule has 0 unspecified atom stereocenters. The van der Waals surface area contributed by atoms with E-state index >= 15 is 0 Å². The molecule has 0 aliphatic heterocycles. The second-order valence-corrected chi connectivity index (χ2v) is 7.00. The van der Waals surface area contributed by atoms with Gasteiger partial charge in [-0.2, -0.15) is 9.36 Å². The third-order valence-corrected chi connectivity index (χ3v) is 5.06. The zero-order chi connectivity index (χ0) is 22.0. The first-order chi connectivity index (χ1) is 15.0. The monoisotopic (exact) mass is 420 g/mol. The number of aryl methyl sites for hydroxylation is 2. The van der Waals surface area contributed by atoms with E-state index in [1.165, 1.54) is 17.8 Å². The van der Waals surface area contributed by atoms with Crippen LogP contribution in [-0.4, -0.2) is 26.9 Å². The molecule has 158 valence electrons. The number of methoxy groups -OCH3 is 1. The Morgan fingerprint density at radius 3 is 2.55 bits per heavy atom. The highest BCUT2D eigenvalue weighted by Crippen LogP contribution is 2.33. The first-order valence-corrected chi connectivity index (χ1v) is 9.63. The fourth-order valence-electron chi connectivity index (χ4n) is 3.35. The van der Waals surface area contributed by atoms with E-state index < -0.39 is 5.82 Å². The molecule has 0 atom stereocenters. The van der Waals surface area contributed by atoms with Crippen LogP contribution < -0.4 is 15.2 Å². The quantitative estimate of drug-likeness (QED) is 0.476. The Bertz CT molecular complexity index is 1300. The van der Waals surface area contributed by atoms with Crippen LogP contribution in [0.3, 0.4) is 0 Å². The van der Waals surface area contributed by atoms with Gasteiger partial charge in [0.05, 0.1) is 12.8 Å². The van der Waals surface area contributed by atoms with Crippen LogP contribution in [0.15, 0.2) is 65.5 Å². The average molecular weight is 420 g/mol. The van der Waals surface area contributed by atoms with Gasteiger partial charge >= 0.3 is 5.69 Å². The van der Waals surface area contributed by atoms with Crippen molar-refractivity contribution in [2.75, 3.05) is 7.11 Å².